The number of allylic oxidation sites excluding steroid dienone is 1. The van der Waals surface area contributed by atoms with Crippen LogP contribution in [-0.2, 0) is 0 Å². The Labute approximate surface area is 107 Å². The molecule has 0 saturated carbocycles. The van der Waals surface area contributed by atoms with Gasteiger partial charge in [0.25, 0.3) is 5.91 Å². The molecular weight excluding hydrogens is 228 g/mol. The molecular formula is C14H18N2O2. The van der Waals surface area contributed by atoms with Crippen LogP contribution in [-0.4, -0.2) is 17.6 Å². The zero-order chi connectivity index (χ0) is 13.0. The first-order valence-corrected chi connectivity index (χ1v) is 6.22. The number of nitrogens with two attached hydrogens (primary N) is 1. The Morgan fingerprint density at radius 1 is 1.44 bits per heavy atom. The predicted octanol–water partition coefficient (Wildman–Crippen LogP) is 2.20. The molecule has 0 aliphatic heterocycles. The summed E-state index contributed by atoms with van der Waals surface area (Å²) in [4.78, 5) is 11.8. The molecule has 1 aliphatic carbocycles. The number of nitrogens with one attached hydrogen (secondary N) is 1. The topological polar surface area (TPSA) is 75.4 Å². The van der Waals surface area contributed by atoms with Crippen LogP contribution in [0.15, 0.2) is 29.8 Å². The SMILES string of the molecule is Nc1cccc(C(=O)NCCC2=CCCC2)c1O. The first-order valence-electron chi connectivity index (χ1n) is 6.22. The van der Waals surface area contributed by atoms with Gasteiger partial charge in [-0.15, -0.1) is 0 Å². The molecule has 0 aromatic heterocycles. The fourth-order valence-corrected chi connectivity index (χ4v) is 2.14. The number of para-hydroxylation sites is 1. The largest absolute Gasteiger partial charge is 0.505 e. The van der Waals surface area contributed by atoms with E-state index >= 15 is 0 Å². The van der Waals surface area contributed by atoms with Gasteiger partial charge < -0.3 is 16.2 Å². The Kier molecular flexibility index (Phi) is 3.87. The molecule has 0 radical (unpaired) electrons. The third-order valence-electron chi connectivity index (χ3n) is 3.18. The first kappa shape index (κ1) is 12.5. The highest BCUT2D eigenvalue weighted by atomic mass is 16.3. The number of hydrogen-bond acceptors (Lipinski definition) is 3. The summed E-state index contributed by atoms with van der Waals surface area (Å²) in [5, 5.41) is 12.5. The lowest BCUT2D eigenvalue weighted by molar-refractivity contribution is 0.0951. The summed E-state index contributed by atoms with van der Waals surface area (Å²) in [6.07, 6.45) is 6.64. The van der Waals surface area contributed by atoms with E-state index in [1.807, 2.05) is 0 Å². The van der Waals surface area contributed by atoms with E-state index in [0.717, 1.165) is 19.3 Å². The van der Waals surface area contributed by atoms with Gasteiger partial charge in [-0.25, -0.2) is 0 Å². The average molecular weight is 246 g/mol. The molecule has 4 N–H and O–H groups in total. The van der Waals surface area contributed by atoms with Crippen molar-refractivity contribution in [1.29, 1.82) is 0 Å². The summed E-state index contributed by atoms with van der Waals surface area (Å²) < 4.78 is 0. The van der Waals surface area contributed by atoms with Crippen LogP contribution >= 0.6 is 0 Å². The highest BCUT2D eigenvalue weighted by molar-refractivity contribution is 5.98. The van der Waals surface area contributed by atoms with Gasteiger partial charge in [-0.1, -0.05) is 17.7 Å². The minimum Gasteiger partial charge on any atom is -0.505 e. The van der Waals surface area contributed by atoms with Gasteiger partial charge in [-0.05, 0) is 37.8 Å². The molecule has 0 heterocycles. The van der Waals surface area contributed by atoms with Crippen LogP contribution in [0.2, 0.25) is 0 Å². The standard InChI is InChI=1S/C14H18N2O2/c15-12-7-3-6-11(13(12)17)14(18)16-9-8-10-4-1-2-5-10/h3-4,6-7,17H,1-2,5,8-9,15H2,(H,16,18). The molecule has 0 unspecified atom stereocenters. The monoisotopic (exact) mass is 246 g/mol. The third-order valence-corrected chi connectivity index (χ3v) is 3.18. The van der Waals surface area contributed by atoms with Gasteiger partial charge in [0, 0.05) is 6.54 Å². The number of phenols is 1. The van der Waals surface area contributed by atoms with Gasteiger partial charge in [0.2, 0.25) is 0 Å². The van der Waals surface area contributed by atoms with Crippen molar-refractivity contribution < 1.29 is 9.90 Å². The number of carbonyl (C=O) groups is 1. The Hall–Kier alpha value is -1.97. The maximum Gasteiger partial charge on any atom is 0.255 e. The number of benzene rings is 1. The van der Waals surface area contributed by atoms with Crippen LogP contribution in [0.5, 0.6) is 5.75 Å². The van der Waals surface area contributed by atoms with Crippen molar-refractivity contribution in [2.24, 2.45) is 0 Å². The third kappa shape index (κ3) is 2.83. The Balaban J connectivity index is 1.89. The quantitative estimate of drug-likeness (QED) is 0.433. The van der Waals surface area contributed by atoms with Crippen molar-refractivity contribution in [1.82, 2.24) is 5.32 Å². The van der Waals surface area contributed by atoms with E-state index in [1.54, 1.807) is 18.2 Å². The predicted molar refractivity (Wildman–Crippen MR) is 71.4 cm³/mol. The molecule has 18 heavy (non-hydrogen) atoms. The molecule has 4 nitrogen and oxygen atoms in total. The Morgan fingerprint density at radius 2 is 2.28 bits per heavy atom. The fourth-order valence-electron chi connectivity index (χ4n) is 2.14. The second-order valence-corrected chi connectivity index (χ2v) is 4.50. The van der Waals surface area contributed by atoms with Crippen LogP contribution < -0.4 is 11.1 Å². The fraction of sp³-hybridized carbons (Fsp3) is 0.357. The maximum atomic E-state index is 11.8. The lowest BCUT2D eigenvalue weighted by atomic mass is 10.1. The molecule has 1 aromatic carbocycles. The minimum atomic E-state index is -0.279. The summed E-state index contributed by atoms with van der Waals surface area (Å²) in [5.41, 5.74) is 7.41. The number of carbonyl (C=O) groups excluding carboxylic acids is 1. The van der Waals surface area contributed by atoms with Gasteiger partial charge >= 0.3 is 0 Å². The van der Waals surface area contributed by atoms with Crippen molar-refractivity contribution in [3.05, 3.63) is 35.4 Å². The number of nitrogen functional groups attached to an aromatic ring is 1. The molecule has 4 heteroatoms. The van der Waals surface area contributed by atoms with Crippen LogP contribution in [0.3, 0.4) is 0 Å². The summed E-state index contributed by atoms with van der Waals surface area (Å²) in [5.74, 6) is -0.423. The normalized spacial score (nSPS) is 14.3. The average Bonchev–Trinajstić information content (AvgIpc) is 2.85. The highest BCUT2D eigenvalue weighted by Crippen LogP contribution is 2.24. The van der Waals surface area contributed by atoms with Crippen LogP contribution in [0.1, 0.15) is 36.0 Å². The van der Waals surface area contributed by atoms with Gasteiger partial charge in [0.05, 0.1) is 11.3 Å². The van der Waals surface area contributed by atoms with Gasteiger partial charge in [0.1, 0.15) is 0 Å². The van der Waals surface area contributed by atoms with E-state index in [-0.39, 0.29) is 22.9 Å². The van der Waals surface area contributed by atoms with Crippen LogP contribution in [0, 0.1) is 0 Å². The highest BCUT2D eigenvalue weighted by Gasteiger charge is 2.12. The van der Waals surface area contributed by atoms with E-state index in [0.29, 0.717) is 6.54 Å². The molecule has 0 spiro atoms. The van der Waals surface area contributed by atoms with Gasteiger partial charge in [-0.2, -0.15) is 0 Å². The summed E-state index contributed by atoms with van der Waals surface area (Å²) >= 11 is 0. The number of amides is 1. The van der Waals surface area contributed by atoms with Crippen molar-refractivity contribution in [3.8, 4) is 5.75 Å². The molecule has 1 aromatic rings. The van der Waals surface area contributed by atoms with Crippen LogP contribution in [0.25, 0.3) is 0 Å². The number of rotatable bonds is 4. The van der Waals surface area contributed by atoms with E-state index in [2.05, 4.69) is 11.4 Å². The van der Waals surface area contributed by atoms with E-state index in [9.17, 15) is 9.90 Å². The molecule has 1 aliphatic rings. The van der Waals surface area contributed by atoms with Gasteiger partial charge in [0.15, 0.2) is 5.75 Å². The molecule has 0 bridgehead atoms. The molecule has 2 rings (SSSR count). The van der Waals surface area contributed by atoms with E-state index in [1.165, 1.54) is 12.0 Å². The van der Waals surface area contributed by atoms with Crippen molar-refractivity contribution in [2.75, 3.05) is 12.3 Å². The summed E-state index contributed by atoms with van der Waals surface area (Å²) in [7, 11) is 0. The number of anilines is 1. The molecule has 0 atom stereocenters. The summed E-state index contributed by atoms with van der Waals surface area (Å²) in [6, 6.07) is 4.79. The summed E-state index contributed by atoms with van der Waals surface area (Å²) in [6.45, 7) is 0.596. The van der Waals surface area contributed by atoms with Crippen molar-refractivity contribution in [3.63, 3.8) is 0 Å². The Bertz CT molecular complexity index is 481. The smallest absolute Gasteiger partial charge is 0.255 e. The first-order chi connectivity index (χ1) is 8.68. The molecule has 1 amide bonds. The number of hydrogen-bond donors (Lipinski definition) is 3. The second kappa shape index (κ2) is 5.58. The maximum absolute atomic E-state index is 11.8. The van der Waals surface area contributed by atoms with Crippen molar-refractivity contribution in [2.45, 2.75) is 25.7 Å². The molecule has 0 saturated heterocycles. The zero-order valence-electron chi connectivity index (χ0n) is 10.3. The number of aromatic hydroxyl groups is 1. The zero-order valence-corrected chi connectivity index (χ0v) is 10.3. The lowest BCUT2D eigenvalue weighted by Crippen LogP contribution is -2.24. The minimum absolute atomic E-state index is 0.143. The molecule has 0 fully saturated rings. The Morgan fingerprint density at radius 3 is 3.00 bits per heavy atom. The van der Waals surface area contributed by atoms with Crippen LogP contribution in [0.4, 0.5) is 5.69 Å². The van der Waals surface area contributed by atoms with E-state index < -0.39 is 0 Å². The lowest BCUT2D eigenvalue weighted by Gasteiger charge is -2.08. The second-order valence-electron chi connectivity index (χ2n) is 4.50. The van der Waals surface area contributed by atoms with Crippen molar-refractivity contribution >= 4 is 11.6 Å². The van der Waals surface area contributed by atoms with Gasteiger partial charge in [-0.3, -0.25) is 4.79 Å². The van der Waals surface area contributed by atoms with E-state index in [4.69, 9.17) is 5.73 Å². The number of phenolic OH excluding ortho intramolecular Hbond substituents is 1. The molecule has 96 valence electrons.